The summed E-state index contributed by atoms with van der Waals surface area (Å²) in [6, 6.07) is 0. The third-order valence-electron chi connectivity index (χ3n) is 3.91. The van der Waals surface area contributed by atoms with E-state index in [-0.39, 0.29) is 17.8 Å². The molecular formula is C18H29NO3. The zero-order valence-corrected chi connectivity index (χ0v) is 14.4. The van der Waals surface area contributed by atoms with Crippen LogP contribution in [-0.2, 0) is 14.3 Å². The number of rotatable bonds is 7. The number of amides is 1. The summed E-state index contributed by atoms with van der Waals surface area (Å²) in [6.07, 6.45) is 9.63. The van der Waals surface area contributed by atoms with Crippen LogP contribution in [0.4, 0.5) is 0 Å². The van der Waals surface area contributed by atoms with Gasteiger partial charge in [0.2, 0.25) is 5.91 Å². The van der Waals surface area contributed by atoms with Gasteiger partial charge in [-0.1, -0.05) is 24.1 Å². The molecule has 1 atom stereocenters. The van der Waals surface area contributed by atoms with Crippen LogP contribution in [-0.4, -0.2) is 37.0 Å². The lowest BCUT2D eigenvalue weighted by atomic mass is 9.97. The number of allylic oxidation sites excluding steroid dienone is 2. The molecule has 1 unspecified atom stereocenters. The van der Waals surface area contributed by atoms with Crippen molar-refractivity contribution in [2.24, 2.45) is 5.92 Å². The maximum Gasteiger partial charge on any atom is 0.310 e. The minimum atomic E-state index is -0.306. The third-order valence-corrected chi connectivity index (χ3v) is 3.91. The predicted octanol–water partition coefficient (Wildman–Crippen LogP) is 3.48. The van der Waals surface area contributed by atoms with Gasteiger partial charge >= 0.3 is 5.97 Å². The van der Waals surface area contributed by atoms with Crippen LogP contribution in [0.3, 0.4) is 0 Å². The monoisotopic (exact) mass is 307 g/mol. The van der Waals surface area contributed by atoms with Gasteiger partial charge in [-0.3, -0.25) is 9.59 Å². The first-order valence-corrected chi connectivity index (χ1v) is 8.13. The molecule has 1 aliphatic carbocycles. The largest absolute Gasteiger partial charge is 0.469 e. The van der Waals surface area contributed by atoms with E-state index in [0.29, 0.717) is 13.1 Å². The molecule has 0 spiro atoms. The van der Waals surface area contributed by atoms with E-state index in [1.54, 1.807) is 17.9 Å². The van der Waals surface area contributed by atoms with E-state index in [9.17, 15) is 9.59 Å². The molecule has 0 aromatic rings. The maximum absolute atomic E-state index is 12.4. The zero-order chi connectivity index (χ0) is 16.5. The highest BCUT2D eigenvalue weighted by molar-refractivity contribution is 5.88. The number of esters is 1. The van der Waals surface area contributed by atoms with Gasteiger partial charge in [0.25, 0.3) is 0 Å². The average molecular weight is 307 g/mol. The molecule has 4 heteroatoms. The second kappa shape index (κ2) is 9.44. The minimum absolute atomic E-state index is 0.0211. The van der Waals surface area contributed by atoms with E-state index >= 15 is 0 Å². The van der Waals surface area contributed by atoms with Crippen LogP contribution in [0, 0.1) is 5.92 Å². The van der Waals surface area contributed by atoms with Gasteiger partial charge in [0.15, 0.2) is 0 Å². The summed E-state index contributed by atoms with van der Waals surface area (Å²) in [5, 5.41) is 0. The Balaban J connectivity index is 2.68. The lowest BCUT2D eigenvalue weighted by molar-refractivity contribution is -0.146. The summed E-state index contributed by atoms with van der Waals surface area (Å²) in [5.74, 6) is -0.598. The van der Waals surface area contributed by atoms with Crippen LogP contribution >= 0.6 is 0 Å². The van der Waals surface area contributed by atoms with Crippen LogP contribution in [0.1, 0.15) is 52.9 Å². The van der Waals surface area contributed by atoms with Gasteiger partial charge in [0.05, 0.1) is 13.0 Å². The molecule has 1 amide bonds. The number of methoxy groups -OCH3 is 1. The van der Waals surface area contributed by atoms with Crippen LogP contribution < -0.4 is 0 Å². The van der Waals surface area contributed by atoms with Gasteiger partial charge in [-0.2, -0.15) is 0 Å². The maximum atomic E-state index is 12.4. The molecule has 0 saturated carbocycles. The van der Waals surface area contributed by atoms with E-state index in [0.717, 1.165) is 24.8 Å². The molecule has 0 radical (unpaired) electrons. The Kier molecular flexibility index (Phi) is 7.92. The topological polar surface area (TPSA) is 46.6 Å². The molecule has 1 rings (SSSR count). The summed E-state index contributed by atoms with van der Waals surface area (Å²) < 4.78 is 4.76. The Labute approximate surface area is 134 Å². The lowest BCUT2D eigenvalue weighted by Crippen LogP contribution is -2.37. The zero-order valence-electron chi connectivity index (χ0n) is 14.4. The van der Waals surface area contributed by atoms with Crippen LogP contribution in [0.2, 0.25) is 0 Å². The molecule has 124 valence electrons. The van der Waals surface area contributed by atoms with Crippen molar-refractivity contribution in [3.63, 3.8) is 0 Å². The molecule has 0 fully saturated rings. The molecule has 0 bridgehead atoms. The van der Waals surface area contributed by atoms with Gasteiger partial charge in [-0.05, 0) is 46.0 Å². The number of carbonyl (C=O) groups is 2. The molecule has 22 heavy (non-hydrogen) atoms. The molecule has 0 saturated heterocycles. The Bertz CT molecular complexity index is 447. The molecule has 0 heterocycles. The van der Waals surface area contributed by atoms with E-state index in [1.807, 2.05) is 13.8 Å². The van der Waals surface area contributed by atoms with Crippen LogP contribution in [0.5, 0.6) is 0 Å². The van der Waals surface area contributed by atoms with Crippen LogP contribution in [0.15, 0.2) is 23.3 Å². The predicted molar refractivity (Wildman–Crippen MR) is 88.4 cm³/mol. The summed E-state index contributed by atoms with van der Waals surface area (Å²) >= 11 is 0. The summed E-state index contributed by atoms with van der Waals surface area (Å²) in [7, 11) is 1.38. The highest BCUT2D eigenvalue weighted by atomic mass is 16.5. The van der Waals surface area contributed by atoms with E-state index in [4.69, 9.17) is 4.74 Å². The van der Waals surface area contributed by atoms with E-state index in [1.165, 1.54) is 25.5 Å². The van der Waals surface area contributed by atoms with Gasteiger partial charge < -0.3 is 9.64 Å². The van der Waals surface area contributed by atoms with Crippen molar-refractivity contribution in [3.8, 4) is 0 Å². The molecule has 1 aliphatic rings. The Hall–Kier alpha value is -1.58. The normalized spacial score (nSPS) is 15.5. The van der Waals surface area contributed by atoms with E-state index < -0.39 is 0 Å². The first kappa shape index (κ1) is 18.5. The summed E-state index contributed by atoms with van der Waals surface area (Å²) in [5.41, 5.74) is 2.41. The standard InChI is InChI=1S/C18H29NO3/c1-14(2)12-17(20)19(13-15(3)18(21)22-4)11-10-16-8-6-5-7-9-16/h8,12,15H,5-7,9-11,13H2,1-4H3. The van der Waals surface area contributed by atoms with Crippen molar-refractivity contribution < 1.29 is 14.3 Å². The second-order valence-corrected chi connectivity index (χ2v) is 6.29. The van der Waals surface area contributed by atoms with Gasteiger partial charge in [-0.25, -0.2) is 0 Å². The van der Waals surface area contributed by atoms with Crippen molar-refractivity contribution in [2.45, 2.75) is 52.9 Å². The first-order valence-electron chi connectivity index (χ1n) is 8.13. The number of nitrogens with zero attached hydrogens (tertiary/aromatic N) is 1. The fraction of sp³-hybridized carbons (Fsp3) is 0.667. The quantitative estimate of drug-likeness (QED) is 0.411. The van der Waals surface area contributed by atoms with Crippen molar-refractivity contribution in [1.29, 1.82) is 0 Å². The van der Waals surface area contributed by atoms with Gasteiger partial charge in [0.1, 0.15) is 0 Å². The number of ether oxygens (including phenoxy) is 1. The molecular weight excluding hydrogens is 278 g/mol. The van der Waals surface area contributed by atoms with Gasteiger partial charge in [-0.15, -0.1) is 0 Å². The highest BCUT2D eigenvalue weighted by Crippen LogP contribution is 2.20. The fourth-order valence-corrected chi connectivity index (χ4v) is 2.65. The minimum Gasteiger partial charge on any atom is -0.469 e. The van der Waals surface area contributed by atoms with Crippen molar-refractivity contribution >= 4 is 11.9 Å². The smallest absolute Gasteiger partial charge is 0.310 e. The second-order valence-electron chi connectivity index (χ2n) is 6.29. The fourth-order valence-electron chi connectivity index (χ4n) is 2.65. The first-order chi connectivity index (χ1) is 10.4. The van der Waals surface area contributed by atoms with Crippen molar-refractivity contribution in [1.82, 2.24) is 4.90 Å². The lowest BCUT2D eigenvalue weighted by Gasteiger charge is -2.25. The van der Waals surface area contributed by atoms with Crippen molar-refractivity contribution in [3.05, 3.63) is 23.3 Å². The number of hydrogen-bond donors (Lipinski definition) is 0. The van der Waals surface area contributed by atoms with Gasteiger partial charge in [0, 0.05) is 19.2 Å². The van der Waals surface area contributed by atoms with E-state index in [2.05, 4.69) is 6.08 Å². The SMILES string of the molecule is COC(=O)C(C)CN(CCC1=CCCCC1)C(=O)C=C(C)C. The molecule has 0 aromatic carbocycles. The molecule has 0 N–H and O–H groups in total. The van der Waals surface area contributed by atoms with Crippen LogP contribution in [0.25, 0.3) is 0 Å². The Morgan fingerprint density at radius 3 is 2.64 bits per heavy atom. The number of carbonyl (C=O) groups excluding carboxylic acids is 2. The average Bonchev–Trinajstić information content (AvgIpc) is 2.50. The Morgan fingerprint density at radius 1 is 1.36 bits per heavy atom. The highest BCUT2D eigenvalue weighted by Gasteiger charge is 2.20. The molecule has 0 aliphatic heterocycles. The summed E-state index contributed by atoms with van der Waals surface area (Å²) in [6.45, 7) is 6.68. The Morgan fingerprint density at radius 2 is 2.09 bits per heavy atom. The van der Waals surface area contributed by atoms with Crippen molar-refractivity contribution in [2.75, 3.05) is 20.2 Å². The number of hydrogen-bond acceptors (Lipinski definition) is 3. The third kappa shape index (κ3) is 6.46. The molecule has 4 nitrogen and oxygen atoms in total. The summed E-state index contributed by atoms with van der Waals surface area (Å²) in [4.78, 5) is 25.7. The molecule has 0 aromatic heterocycles.